The first-order valence-corrected chi connectivity index (χ1v) is 11.0. The summed E-state index contributed by atoms with van der Waals surface area (Å²) >= 11 is 0. The fourth-order valence-electron chi connectivity index (χ4n) is 2.71. The third-order valence-corrected chi connectivity index (χ3v) is 5.91. The van der Waals surface area contributed by atoms with Crippen LogP contribution in [0.5, 0.6) is 11.5 Å². The number of sulfonamides is 1. The van der Waals surface area contributed by atoms with Gasteiger partial charge >= 0.3 is 0 Å². The van der Waals surface area contributed by atoms with Gasteiger partial charge in [-0.1, -0.05) is 18.2 Å². The first kappa shape index (κ1) is 22.3. The van der Waals surface area contributed by atoms with Gasteiger partial charge in [-0.15, -0.1) is 0 Å². The molecule has 0 saturated carbocycles. The largest absolute Gasteiger partial charge is 0.493 e. The van der Waals surface area contributed by atoms with Crippen molar-refractivity contribution in [3.05, 3.63) is 78.6 Å². The second-order valence-electron chi connectivity index (χ2n) is 6.66. The van der Waals surface area contributed by atoms with Crippen LogP contribution < -0.4 is 19.5 Å². The van der Waals surface area contributed by atoms with E-state index in [4.69, 9.17) is 9.47 Å². The summed E-state index contributed by atoms with van der Waals surface area (Å²) in [5, 5.41) is 2.69. The average Bonchev–Trinajstić information content (AvgIpc) is 2.79. The van der Waals surface area contributed by atoms with Gasteiger partial charge in [0.2, 0.25) is 15.9 Å². The van der Waals surface area contributed by atoms with E-state index in [0.717, 1.165) is 5.56 Å². The Balaban J connectivity index is 1.67. The maximum atomic E-state index is 12.5. The van der Waals surface area contributed by atoms with Crippen LogP contribution in [0.15, 0.2) is 78.0 Å². The maximum absolute atomic E-state index is 12.5. The molecule has 2 N–H and O–H groups in total. The molecule has 0 aliphatic heterocycles. The summed E-state index contributed by atoms with van der Waals surface area (Å²) < 4.78 is 38.4. The Morgan fingerprint density at radius 3 is 2.42 bits per heavy atom. The third-order valence-electron chi connectivity index (χ3n) is 4.35. The number of rotatable bonds is 9. The van der Waals surface area contributed by atoms with Crippen LogP contribution in [0.25, 0.3) is 0 Å². The number of carbonyl (C=O) groups is 1. The number of methoxy groups -OCH3 is 1. The number of benzene rings is 2. The number of anilines is 1. The fourth-order valence-corrected chi connectivity index (χ4v) is 3.94. The fraction of sp³-hybridized carbons (Fsp3) is 0.182. The molecule has 0 spiro atoms. The highest BCUT2D eigenvalue weighted by molar-refractivity contribution is 7.89. The molecular formula is C22H23N3O5S. The van der Waals surface area contributed by atoms with E-state index >= 15 is 0 Å². The highest BCUT2D eigenvalue weighted by Gasteiger charge is 2.22. The Kier molecular flexibility index (Phi) is 7.22. The van der Waals surface area contributed by atoms with Gasteiger partial charge in [-0.3, -0.25) is 9.78 Å². The van der Waals surface area contributed by atoms with Crippen molar-refractivity contribution in [1.29, 1.82) is 0 Å². The van der Waals surface area contributed by atoms with Gasteiger partial charge in [0.05, 0.1) is 18.0 Å². The van der Waals surface area contributed by atoms with E-state index in [-0.39, 0.29) is 4.90 Å². The van der Waals surface area contributed by atoms with Crippen LogP contribution in [0.2, 0.25) is 0 Å². The molecule has 0 aliphatic rings. The van der Waals surface area contributed by atoms with E-state index < -0.39 is 22.0 Å². The summed E-state index contributed by atoms with van der Waals surface area (Å²) in [6.07, 6.45) is 3.34. The number of hydrogen-bond donors (Lipinski definition) is 2. The minimum absolute atomic E-state index is 0.0888. The lowest BCUT2D eigenvalue weighted by atomic mass is 10.2. The molecule has 2 aromatic carbocycles. The molecule has 0 radical (unpaired) electrons. The molecule has 0 unspecified atom stereocenters. The molecule has 1 heterocycles. The van der Waals surface area contributed by atoms with Crippen molar-refractivity contribution in [2.45, 2.75) is 24.5 Å². The zero-order chi connectivity index (χ0) is 22.3. The smallest absolute Gasteiger partial charge is 0.242 e. The second-order valence-corrected chi connectivity index (χ2v) is 8.37. The van der Waals surface area contributed by atoms with Crippen molar-refractivity contribution < 1.29 is 22.7 Å². The van der Waals surface area contributed by atoms with Crippen LogP contribution in [0.3, 0.4) is 0 Å². The van der Waals surface area contributed by atoms with Crippen molar-refractivity contribution >= 4 is 21.6 Å². The number of nitrogens with zero attached hydrogens (tertiary/aromatic N) is 1. The molecule has 31 heavy (non-hydrogen) atoms. The number of carbonyl (C=O) groups excluding carboxylic acids is 1. The van der Waals surface area contributed by atoms with Crippen molar-refractivity contribution in [2.75, 3.05) is 12.4 Å². The molecule has 0 saturated heterocycles. The van der Waals surface area contributed by atoms with Gasteiger partial charge in [-0.05, 0) is 48.9 Å². The highest BCUT2D eigenvalue weighted by Crippen LogP contribution is 2.31. The molecule has 1 amide bonds. The molecule has 3 rings (SSSR count). The normalized spacial score (nSPS) is 12.1. The van der Waals surface area contributed by atoms with E-state index in [1.807, 2.05) is 12.1 Å². The van der Waals surface area contributed by atoms with Gasteiger partial charge in [-0.2, -0.15) is 4.72 Å². The highest BCUT2D eigenvalue weighted by atomic mass is 32.2. The Labute approximate surface area is 181 Å². The number of amides is 1. The summed E-state index contributed by atoms with van der Waals surface area (Å²) in [5.41, 5.74) is 1.37. The Bertz CT molecular complexity index is 1120. The van der Waals surface area contributed by atoms with Crippen molar-refractivity contribution in [3.63, 3.8) is 0 Å². The van der Waals surface area contributed by atoms with Gasteiger partial charge in [0.1, 0.15) is 6.61 Å². The van der Waals surface area contributed by atoms with E-state index in [2.05, 4.69) is 15.0 Å². The molecule has 0 bridgehead atoms. The summed E-state index contributed by atoms with van der Waals surface area (Å²) in [6, 6.07) is 15.5. The quantitative estimate of drug-likeness (QED) is 0.529. The lowest BCUT2D eigenvalue weighted by molar-refractivity contribution is -0.117. The van der Waals surface area contributed by atoms with Gasteiger partial charge < -0.3 is 14.8 Å². The molecular weight excluding hydrogens is 418 g/mol. The van der Waals surface area contributed by atoms with Crippen LogP contribution in [-0.2, 0) is 21.4 Å². The first-order chi connectivity index (χ1) is 14.9. The number of aromatic nitrogens is 1. The van der Waals surface area contributed by atoms with Crippen LogP contribution >= 0.6 is 0 Å². The Morgan fingerprint density at radius 2 is 1.74 bits per heavy atom. The van der Waals surface area contributed by atoms with Crippen LogP contribution in [0.1, 0.15) is 12.5 Å². The lowest BCUT2D eigenvalue weighted by Crippen LogP contribution is -2.41. The number of ether oxygens (including phenoxy) is 2. The topological polar surface area (TPSA) is 107 Å². The second kappa shape index (κ2) is 10.1. The van der Waals surface area contributed by atoms with Crippen molar-refractivity contribution in [3.8, 4) is 11.5 Å². The van der Waals surface area contributed by atoms with Gasteiger partial charge in [0.15, 0.2) is 11.5 Å². The van der Waals surface area contributed by atoms with E-state index in [9.17, 15) is 13.2 Å². The van der Waals surface area contributed by atoms with Crippen LogP contribution in [0.4, 0.5) is 5.69 Å². The van der Waals surface area contributed by atoms with Gasteiger partial charge in [0, 0.05) is 24.1 Å². The van der Waals surface area contributed by atoms with E-state index in [1.165, 1.54) is 26.2 Å². The van der Waals surface area contributed by atoms with Crippen molar-refractivity contribution in [2.24, 2.45) is 0 Å². The predicted octanol–water partition coefficient (Wildman–Crippen LogP) is 2.97. The number of hydrogen-bond acceptors (Lipinski definition) is 6. The zero-order valence-corrected chi connectivity index (χ0v) is 17.9. The first-order valence-electron chi connectivity index (χ1n) is 9.47. The minimum atomic E-state index is -3.82. The van der Waals surface area contributed by atoms with Crippen molar-refractivity contribution in [1.82, 2.24) is 9.71 Å². The molecule has 0 fully saturated rings. The molecule has 0 aliphatic carbocycles. The molecule has 9 heteroatoms. The molecule has 8 nitrogen and oxygen atoms in total. The Morgan fingerprint density at radius 1 is 1.03 bits per heavy atom. The van der Waals surface area contributed by atoms with Crippen LogP contribution in [-0.4, -0.2) is 32.5 Å². The molecule has 3 aromatic rings. The van der Waals surface area contributed by atoms with E-state index in [1.54, 1.807) is 48.8 Å². The average molecular weight is 442 g/mol. The lowest BCUT2D eigenvalue weighted by Gasteiger charge is -2.16. The van der Waals surface area contributed by atoms with Gasteiger partial charge in [0.25, 0.3) is 0 Å². The molecule has 1 atom stereocenters. The standard InChI is InChI=1S/C22H23N3O5S/c1-16(25-31(27,28)19-6-4-3-5-7-19)22(26)24-18-8-9-20(29-2)21(14-18)30-15-17-10-12-23-13-11-17/h3-14,16,25H,15H2,1-2H3,(H,24,26)/t16-/m0/s1. The minimum Gasteiger partial charge on any atom is -0.493 e. The monoisotopic (exact) mass is 441 g/mol. The summed E-state index contributed by atoms with van der Waals surface area (Å²) in [4.78, 5) is 16.6. The number of pyridine rings is 1. The Hall–Kier alpha value is -3.43. The third kappa shape index (κ3) is 6.03. The zero-order valence-electron chi connectivity index (χ0n) is 17.1. The maximum Gasteiger partial charge on any atom is 0.242 e. The SMILES string of the molecule is COc1ccc(NC(=O)[C@H](C)NS(=O)(=O)c2ccccc2)cc1OCc1ccncc1. The summed E-state index contributed by atoms with van der Waals surface area (Å²) in [5.74, 6) is 0.435. The summed E-state index contributed by atoms with van der Waals surface area (Å²) in [6.45, 7) is 1.77. The predicted molar refractivity (Wildman–Crippen MR) is 116 cm³/mol. The molecule has 1 aromatic heterocycles. The molecule has 162 valence electrons. The van der Waals surface area contributed by atoms with Gasteiger partial charge in [-0.25, -0.2) is 8.42 Å². The number of nitrogens with one attached hydrogen (secondary N) is 2. The van der Waals surface area contributed by atoms with E-state index in [0.29, 0.717) is 23.8 Å². The van der Waals surface area contributed by atoms with Crippen LogP contribution in [0, 0.1) is 0 Å². The summed E-state index contributed by atoms with van der Waals surface area (Å²) in [7, 11) is -2.29.